The van der Waals surface area contributed by atoms with Gasteiger partial charge in [0.1, 0.15) is 5.78 Å². The van der Waals surface area contributed by atoms with Crippen molar-refractivity contribution in [3.05, 3.63) is 35.4 Å². The van der Waals surface area contributed by atoms with Crippen molar-refractivity contribution in [2.75, 3.05) is 13.7 Å². The molecular formula is C18H23NO3. The monoisotopic (exact) mass is 301 g/mol. The third-order valence-electron chi connectivity index (χ3n) is 5.03. The number of hydrogen-bond acceptors (Lipinski definition) is 4. The Morgan fingerprint density at radius 1 is 1.23 bits per heavy atom. The second-order valence-electron chi connectivity index (χ2n) is 6.64. The number of carbonyl (C=O) groups is 2. The van der Waals surface area contributed by atoms with Crippen LogP contribution in [0.4, 0.5) is 0 Å². The van der Waals surface area contributed by atoms with Gasteiger partial charge in [-0.2, -0.15) is 0 Å². The molecule has 1 heterocycles. The highest BCUT2D eigenvalue weighted by molar-refractivity contribution is 5.89. The number of methoxy groups -OCH3 is 1. The number of carbonyl (C=O) groups excluding carboxylic acids is 2. The van der Waals surface area contributed by atoms with Crippen LogP contribution in [0.25, 0.3) is 0 Å². The van der Waals surface area contributed by atoms with Crippen LogP contribution in [-0.4, -0.2) is 31.4 Å². The first-order valence-corrected chi connectivity index (χ1v) is 8.03. The first-order valence-electron chi connectivity index (χ1n) is 8.03. The summed E-state index contributed by atoms with van der Waals surface area (Å²) >= 11 is 0. The average molecular weight is 301 g/mol. The maximum atomic E-state index is 12.4. The fourth-order valence-corrected chi connectivity index (χ4v) is 3.40. The van der Waals surface area contributed by atoms with Gasteiger partial charge >= 0.3 is 5.97 Å². The Balaban J connectivity index is 1.57. The molecule has 2 fully saturated rings. The summed E-state index contributed by atoms with van der Waals surface area (Å²) in [7, 11) is 1.37. The third-order valence-corrected chi connectivity index (χ3v) is 5.03. The molecule has 4 heteroatoms. The van der Waals surface area contributed by atoms with Crippen LogP contribution in [0, 0.1) is 11.8 Å². The Hall–Kier alpha value is -1.68. The van der Waals surface area contributed by atoms with Gasteiger partial charge in [0.2, 0.25) is 0 Å². The number of Topliss-reactive ketones (excluding diaryl/α,β-unsaturated/α-hetero) is 1. The lowest BCUT2D eigenvalue weighted by molar-refractivity contribution is -0.122. The summed E-state index contributed by atoms with van der Waals surface area (Å²) in [4.78, 5) is 23.9. The van der Waals surface area contributed by atoms with Gasteiger partial charge in [-0.15, -0.1) is 0 Å². The molecule has 0 spiro atoms. The van der Waals surface area contributed by atoms with Crippen molar-refractivity contribution in [2.45, 2.75) is 38.1 Å². The summed E-state index contributed by atoms with van der Waals surface area (Å²) < 4.78 is 4.69. The SMILES string of the molecule is COC(=O)c1ccc([C@H](C)CC(=O)[C@H]2CC3CC3CN2)cc1. The van der Waals surface area contributed by atoms with E-state index in [0.29, 0.717) is 17.8 Å². The number of ketones is 1. The number of ether oxygens (including phenoxy) is 1. The van der Waals surface area contributed by atoms with Crippen LogP contribution in [0.5, 0.6) is 0 Å². The highest BCUT2D eigenvalue weighted by Gasteiger charge is 2.43. The minimum Gasteiger partial charge on any atom is -0.465 e. The molecule has 1 N–H and O–H groups in total. The number of benzene rings is 1. The molecule has 2 aliphatic rings. The molecule has 118 valence electrons. The zero-order valence-electron chi connectivity index (χ0n) is 13.2. The van der Waals surface area contributed by atoms with Gasteiger partial charge in [-0.25, -0.2) is 4.79 Å². The van der Waals surface area contributed by atoms with Gasteiger partial charge in [-0.1, -0.05) is 19.1 Å². The normalized spacial score (nSPS) is 27.6. The highest BCUT2D eigenvalue weighted by atomic mass is 16.5. The molecule has 22 heavy (non-hydrogen) atoms. The van der Waals surface area contributed by atoms with Gasteiger partial charge in [-0.05, 0) is 54.8 Å². The van der Waals surface area contributed by atoms with Crippen LogP contribution in [0.3, 0.4) is 0 Å². The van der Waals surface area contributed by atoms with Crippen LogP contribution in [0.1, 0.15) is 48.0 Å². The van der Waals surface area contributed by atoms with Crippen molar-refractivity contribution in [1.82, 2.24) is 5.32 Å². The van der Waals surface area contributed by atoms with E-state index >= 15 is 0 Å². The second kappa shape index (κ2) is 6.21. The lowest BCUT2D eigenvalue weighted by Gasteiger charge is -2.23. The van der Waals surface area contributed by atoms with E-state index in [4.69, 9.17) is 4.74 Å². The summed E-state index contributed by atoms with van der Waals surface area (Å²) in [5.41, 5.74) is 1.62. The highest BCUT2D eigenvalue weighted by Crippen LogP contribution is 2.44. The molecular weight excluding hydrogens is 278 g/mol. The number of rotatable bonds is 5. The van der Waals surface area contributed by atoms with E-state index in [1.807, 2.05) is 12.1 Å². The maximum absolute atomic E-state index is 12.4. The number of esters is 1. The minimum atomic E-state index is -0.333. The molecule has 0 radical (unpaired) electrons. The Morgan fingerprint density at radius 3 is 2.59 bits per heavy atom. The Morgan fingerprint density at radius 2 is 1.95 bits per heavy atom. The summed E-state index contributed by atoms with van der Waals surface area (Å²) in [5.74, 6) is 1.76. The summed E-state index contributed by atoms with van der Waals surface area (Å²) in [6.45, 7) is 3.07. The van der Waals surface area contributed by atoms with E-state index in [9.17, 15) is 9.59 Å². The molecule has 4 atom stereocenters. The van der Waals surface area contributed by atoms with Crippen LogP contribution in [-0.2, 0) is 9.53 Å². The molecule has 1 saturated heterocycles. The average Bonchev–Trinajstić information content (AvgIpc) is 3.32. The summed E-state index contributed by atoms with van der Waals surface area (Å²) in [5, 5.41) is 3.39. The predicted octanol–water partition coefficient (Wildman–Crippen LogP) is 2.53. The molecule has 2 unspecified atom stereocenters. The number of hydrogen-bond donors (Lipinski definition) is 1. The molecule has 1 saturated carbocycles. The zero-order chi connectivity index (χ0) is 15.7. The molecule has 0 bridgehead atoms. The molecule has 0 aromatic heterocycles. The van der Waals surface area contributed by atoms with Gasteiger partial charge in [0.15, 0.2) is 0 Å². The largest absolute Gasteiger partial charge is 0.465 e. The van der Waals surface area contributed by atoms with E-state index in [-0.39, 0.29) is 17.9 Å². The topological polar surface area (TPSA) is 55.4 Å². The minimum absolute atomic E-state index is 0.0422. The van der Waals surface area contributed by atoms with Gasteiger partial charge in [0, 0.05) is 6.42 Å². The molecule has 4 nitrogen and oxygen atoms in total. The Kier molecular flexibility index (Phi) is 4.30. The molecule has 1 aromatic carbocycles. The van der Waals surface area contributed by atoms with Crippen LogP contribution < -0.4 is 5.32 Å². The van der Waals surface area contributed by atoms with Crippen molar-refractivity contribution >= 4 is 11.8 Å². The van der Waals surface area contributed by atoms with E-state index in [0.717, 1.165) is 30.4 Å². The van der Waals surface area contributed by atoms with Gasteiger partial charge in [-0.3, -0.25) is 4.79 Å². The van der Waals surface area contributed by atoms with Crippen molar-refractivity contribution in [2.24, 2.45) is 11.8 Å². The first kappa shape index (κ1) is 15.2. The van der Waals surface area contributed by atoms with E-state index in [1.165, 1.54) is 13.5 Å². The van der Waals surface area contributed by atoms with Crippen molar-refractivity contribution < 1.29 is 14.3 Å². The van der Waals surface area contributed by atoms with E-state index in [1.54, 1.807) is 12.1 Å². The molecule has 3 rings (SSSR count). The van der Waals surface area contributed by atoms with Gasteiger partial charge in [0.25, 0.3) is 0 Å². The molecule has 1 aliphatic carbocycles. The molecule has 1 aromatic rings. The van der Waals surface area contributed by atoms with E-state index < -0.39 is 0 Å². The predicted molar refractivity (Wildman–Crippen MR) is 83.8 cm³/mol. The van der Waals surface area contributed by atoms with Gasteiger partial charge in [0.05, 0.1) is 18.7 Å². The summed E-state index contributed by atoms with van der Waals surface area (Å²) in [6.07, 6.45) is 2.85. The molecule has 1 aliphatic heterocycles. The van der Waals surface area contributed by atoms with Crippen molar-refractivity contribution in [1.29, 1.82) is 0 Å². The smallest absolute Gasteiger partial charge is 0.337 e. The van der Waals surface area contributed by atoms with Crippen LogP contribution in [0.15, 0.2) is 24.3 Å². The fraction of sp³-hybridized carbons (Fsp3) is 0.556. The number of nitrogens with one attached hydrogen (secondary N) is 1. The van der Waals surface area contributed by atoms with Crippen LogP contribution >= 0.6 is 0 Å². The second-order valence-corrected chi connectivity index (χ2v) is 6.64. The van der Waals surface area contributed by atoms with Crippen LogP contribution in [0.2, 0.25) is 0 Å². The van der Waals surface area contributed by atoms with Crippen molar-refractivity contribution in [3.8, 4) is 0 Å². The zero-order valence-corrected chi connectivity index (χ0v) is 13.2. The maximum Gasteiger partial charge on any atom is 0.337 e. The van der Waals surface area contributed by atoms with E-state index in [2.05, 4.69) is 12.2 Å². The quantitative estimate of drug-likeness (QED) is 0.849. The lowest BCUT2D eigenvalue weighted by Crippen LogP contribution is -2.41. The Labute approximate surface area is 131 Å². The number of fused-ring (bicyclic) bond motifs is 1. The first-order chi connectivity index (χ1) is 10.6. The lowest BCUT2D eigenvalue weighted by atomic mass is 9.90. The molecule has 0 amide bonds. The third kappa shape index (κ3) is 3.22. The van der Waals surface area contributed by atoms with Gasteiger partial charge < -0.3 is 10.1 Å². The standard InChI is InChI=1S/C18H23NO3/c1-11(12-3-5-13(6-4-12)18(21)22-2)7-17(20)16-9-14-8-15(14)10-19-16/h3-6,11,14-16,19H,7-10H2,1-2H3/t11-,14?,15?,16-/m1/s1. The summed E-state index contributed by atoms with van der Waals surface area (Å²) in [6, 6.07) is 7.39. The fourth-order valence-electron chi connectivity index (χ4n) is 3.40. The van der Waals surface area contributed by atoms with Crippen molar-refractivity contribution in [3.63, 3.8) is 0 Å². The number of piperidine rings is 1. The Bertz CT molecular complexity index is 566.